The molecule has 0 radical (unpaired) electrons. The average molecular weight is 288 g/mol. The second-order valence-electron chi connectivity index (χ2n) is 3.95. The first kappa shape index (κ1) is 14.3. The third-order valence-corrected chi connectivity index (χ3v) is 2.49. The van der Waals surface area contributed by atoms with Crippen LogP contribution in [0.5, 0.6) is 5.75 Å². The molecule has 2 rings (SSSR count). The largest absolute Gasteiger partial charge is 0.522 e. The molecule has 0 unspecified atom stereocenters. The molecule has 0 amide bonds. The molecule has 8 heteroatoms. The number of nitrogens with zero attached hydrogens (tertiary/aromatic N) is 2. The molecule has 0 aliphatic rings. The van der Waals surface area contributed by atoms with Gasteiger partial charge in [-0.2, -0.15) is 5.10 Å². The Morgan fingerprint density at radius 2 is 2.10 bits per heavy atom. The maximum Gasteiger partial charge on any atom is 0.522 e. The van der Waals surface area contributed by atoms with Gasteiger partial charge < -0.3 is 4.74 Å². The minimum atomic E-state index is -4.66. The van der Waals surface area contributed by atoms with E-state index in [2.05, 4.69) is 9.84 Å². The third-order valence-electron chi connectivity index (χ3n) is 2.49. The fourth-order valence-corrected chi connectivity index (χ4v) is 1.64. The lowest BCUT2D eigenvalue weighted by Gasteiger charge is -2.09. The molecule has 0 aliphatic heterocycles. The van der Waals surface area contributed by atoms with E-state index in [1.165, 1.54) is 23.8 Å². The third kappa shape index (κ3) is 3.47. The molecule has 0 bridgehead atoms. The number of fused-ring (bicyclic) bond motifs is 1. The van der Waals surface area contributed by atoms with Gasteiger partial charge in [0.25, 0.3) is 0 Å². The first-order chi connectivity index (χ1) is 9.37. The standard InChI is InChI=1S/C12H11F3N2O3/c1-8(18)10-6-16-17-7-9(2-3-11(10)17)19-4-5-20-12(13,14)15/h2-3,6-7H,4-5H2,1H3. The van der Waals surface area contributed by atoms with E-state index in [1.54, 1.807) is 12.1 Å². The van der Waals surface area contributed by atoms with Crippen LogP contribution in [0.25, 0.3) is 5.52 Å². The van der Waals surface area contributed by atoms with E-state index in [1.807, 2.05) is 0 Å². The van der Waals surface area contributed by atoms with Gasteiger partial charge in [0.2, 0.25) is 0 Å². The number of aromatic nitrogens is 2. The summed E-state index contributed by atoms with van der Waals surface area (Å²) in [5.74, 6) is 0.216. The van der Waals surface area contributed by atoms with Gasteiger partial charge in [-0.1, -0.05) is 0 Å². The van der Waals surface area contributed by atoms with Gasteiger partial charge >= 0.3 is 6.36 Å². The smallest absolute Gasteiger partial charge is 0.490 e. The SMILES string of the molecule is CC(=O)c1cnn2cc(OCCOC(F)(F)F)ccc12. The highest BCUT2D eigenvalue weighted by atomic mass is 19.4. The molecule has 0 aromatic carbocycles. The summed E-state index contributed by atoms with van der Waals surface area (Å²) in [6.07, 6.45) is -1.75. The van der Waals surface area contributed by atoms with Gasteiger partial charge in [-0.15, -0.1) is 13.2 Å². The number of carbonyl (C=O) groups excluding carboxylic acids is 1. The normalized spacial score (nSPS) is 11.8. The van der Waals surface area contributed by atoms with Crippen molar-refractivity contribution in [2.75, 3.05) is 13.2 Å². The molecule has 0 saturated carbocycles. The minimum Gasteiger partial charge on any atom is -0.490 e. The molecule has 0 saturated heterocycles. The maximum atomic E-state index is 11.7. The Bertz CT molecular complexity index is 622. The molecule has 0 atom stereocenters. The molecule has 0 N–H and O–H groups in total. The van der Waals surface area contributed by atoms with Crippen LogP contribution in [-0.2, 0) is 4.74 Å². The highest BCUT2D eigenvalue weighted by Gasteiger charge is 2.28. The molecular weight excluding hydrogens is 277 g/mol. The number of ketones is 1. The van der Waals surface area contributed by atoms with Gasteiger partial charge in [-0.05, 0) is 19.1 Å². The first-order valence-electron chi connectivity index (χ1n) is 5.68. The molecule has 0 spiro atoms. The summed E-state index contributed by atoms with van der Waals surface area (Å²) in [7, 11) is 0. The number of ether oxygens (including phenoxy) is 2. The number of halogens is 3. The van der Waals surface area contributed by atoms with Crippen molar-refractivity contribution in [1.82, 2.24) is 9.61 Å². The highest BCUT2D eigenvalue weighted by molar-refractivity contribution is 6.00. The van der Waals surface area contributed by atoms with Crippen LogP contribution < -0.4 is 4.74 Å². The van der Waals surface area contributed by atoms with Crippen molar-refractivity contribution in [3.05, 3.63) is 30.1 Å². The van der Waals surface area contributed by atoms with Crippen molar-refractivity contribution in [2.45, 2.75) is 13.3 Å². The number of alkyl halides is 3. The lowest BCUT2D eigenvalue weighted by molar-refractivity contribution is -0.325. The fraction of sp³-hybridized carbons (Fsp3) is 0.333. The van der Waals surface area contributed by atoms with Crippen LogP contribution in [0, 0.1) is 0 Å². The van der Waals surface area contributed by atoms with Crippen LogP contribution in [0.4, 0.5) is 13.2 Å². The zero-order valence-corrected chi connectivity index (χ0v) is 10.5. The van der Waals surface area contributed by atoms with E-state index >= 15 is 0 Å². The summed E-state index contributed by atoms with van der Waals surface area (Å²) in [5, 5.41) is 3.97. The minimum absolute atomic E-state index is 0.118. The van der Waals surface area contributed by atoms with E-state index in [-0.39, 0.29) is 12.4 Å². The van der Waals surface area contributed by atoms with Crippen molar-refractivity contribution in [3.8, 4) is 5.75 Å². The van der Waals surface area contributed by atoms with Crippen LogP contribution >= 0.6 is 0 Å². The summed E-state index contributed by atoms with van der Waals surface area (Å²) in [4.78, 5) is 11.3. The summed E-state index contributed by atoms with van der Waals surface area (Å²) in [6, 6.07) is 3.17. The van der Waals surface area contributed by atoms with Gasteiger partial charge in [0.05, 0.1) is 30.1 Å². The lowest BCUT2D eigenvalue weighted by Crippen LogP contribution is -2.18. The Morgan fingerprint density at radius 1 is 1.35 bits per heavy atom. The Hall–Kier alpha value is -2.09. The number of rotatable bonds is 5. The van der Waals surface area contributed by atoms with E-state index in [9.17, 15) is 18.0 Å². The molecule has 2 aromatic heterocycles. The average Bonchev–Trinajstić information content (AvgIpc) is 2.76. The Labute approximate surface area is 111 Å². The summed E-state index contributed by atoms with van der Waals surface area (Å²) < 4.78 is 45.4. The van der Waals surface area contributed by atoms with Crippen LogP contribution in [0.1, 0.15) is 17.3 Å². The van der Waals surface area contributed by atoms with Gasteiger partial charge in [-0.3, -0.25) is 9.53 Å². The van der Waals surface area contributed by atoms with Crippen molar-refractivity contribution in [2.24, 2.45) is 0 Å². The van der Waals surface area contributed by atoms with Gasteiger partial charge in [-0.25, -0.2) is 4.52 Å². The van der Waals surface area contributed by atoms with E-state index in [4.69, 9.17) is 4.74 Å². The Kier molecular flexibility index (Phi) is 3.93. The monoisotopic (exact) mass is 288 g/mol. The van der Waals surface area contributed by atoms with Crippen molar-refractivity contribution in [3.63, 3.8) is 0 Å². The second-order valence-corrected chi connectivity index (χ2v) is 3.95. The Morgan fingerprint density at radius 3 is 2.75 bits per heavy atom. The quantitative estimate of drug-likeness (QED) is 0.626. The maximum absolute atomic E-state index is 11.7. The highest BCUT2D eigenvalue weighted by Crippen LogP contribution is 2.18. The number of hydrogen-bond donors (Lipinski definition) is 0. The second kappa shape index (κ2) is 5.49. The zero-order valence-electron chi connectivity index (χ0n) is 10.5. The summed E-state index contributed by atoms with van der Waals surface area (Å²) in [5.41, 5.74) is 1.08. The zero-order chi connectivity index (χ0) is 14.8. The van der Waals surface area contributed by atoms with Gasteiger partial charge in [0.1, 0.15) is 12.4 Å². The lowest BCUT2D eigenvalue weighted by atomic mass is 10.2. The number of Topliss-reactive ketones (excluding diaryl/α,β-unsaturated/α-hetero) is 1. The van der Waals surface area contributed by atoms with Crippen LogP contribution in [0.15, 0.2) is 24.5 Å². The van der Waals surface area contributed by atoms with Crippen LogP contribution in [0.3, 0.4) is 0 Å². The predicted molar refractivity (Wildman–Crippen MR) is 62.7 cm³/mol. The van der Waals surface area contributed by atoms with Gasteiger partial charge in [0, 0.05) is 0 Å². The number of pyridine rings is 1. The molecule has 0 aliphatic carbocycles. The van der Waals surface area contributed by atoms with Crippen molar-refractivity contribution in [1.29, 1.82) is 0 Å². The summed E-state index contributed by atoms with van der Waals surface area (Å²) in [6.45, 7) is 0.584. The molecule has 2 heterocycles. The fourth-order valence-electron chi connectivity index (χ4n) is 1.64. The molecule has 20 heavy (non-hydrogen) atoms. The molecule has 108 valence electrons. The van der Waals surface area contributed by atoms with E-state index < -0.39 is 13.0 Å². The van der Waals surface area contributed by atoms with E-state index in [0.29, 0.717) is 16.8 Å². The molecule has 0 fully saturated rings. The Balaban J connectivity index is 2.00. The van der Waals surface area contributed by atoms with Crippen LogP contribution in [-0.4, -0.2) is 35.0 Å². The van der Waals surface area contributed by atoms with Crippen LogP contribution in [0.2, 0.25) is 0 Å². The topological polar surface area (TPSA) is 52.8 Å². The van der Waals surface area contributed by atoms with Crippen molar-refractivity contribution < 1.29 is 27.4 Å². The number of carbonyl (C=O) groups is 1. The molecular formula is C12H11F3N2O3. The predicted octanol–water partition coefficient (Wildman–Crippen LogP) is 2.45. The molecule has 2 aromatic rings. The van der Waals surface area contributed by atoms with Gasteiger partial charge in [0.15, 0.2) is 5.78 Å². The van der Waals surface area contributed by atoms with E-state index in [0.717, 1.165) is 0 Å². The van der Waals surface area contributed by atoms with Crippen molar-refractivity contribution >= 4 is 11.3 Å². The number of hydrogen-bond acceptors (Lipinski definition) is 4. The summed E-state index contributed by atoms with van der Waals surface area (Å²) >= 11 is 0. The molecule has 5 nitrogen and oxygen atoms in total. The first-order valence-corrected chi connectivity index (χ1v) is 5.68.